The molecule has 0 bridgehead atoms. The summed E-state index contributed by atoms with van der Waals surface area (Å²) in [7, 11) is 0. The molecule has 0 aromatic rings. The Morgan fingerprint density at radius 1 is 1.43 bits per heavy atom. The lowest BCUT2D eigenvalue weighted by atomic mass is 9.65. The lowest BCUT2D eigenvalue weighted by molar-refractivity contribution is -0.130. The Morgan fingerprint density at radius 3 is 2.43 bits per heavy atom. The van der Waals surface area contributed by atoms with Gasteiger partial charge in [-0.25, -0.2) is 0 Å². The SMILES string of the molecule is CC(O)(C1CC1)C1(CN)CCOCC1. The maximum Gasteiger partial charge on any atom is 0.0717 e. The molecular formula is C11H21NO2. The Morgan fingerprint density at radius 2 is 2.00 bits per heavy atom. The van der Waals surface area contributed by atoms with E-state index >= 15 is 0 Å². The van der Waals surface area contributed by atoms with Crippen LogP contribution in [0.25, 0.3) is 0 Å². The highest BCUT2D eigenvalue weighted by atomic mass is 16.5. The van der Waals surface area contributed by atoms with Crippen molar-refractivity contribution in [3.05, 3.63) is 0 Å². The summed E-state index contributed by atoms with van der Waals surface area (Å²) < 4.78 is 5.36. The Labute approximate surface area is 85.6 Å². The zero-order valence-electron chi connectivity index (χ0n) is 8.96. The van der Waals surface area contributed by atoms with Gasteiger partial charge in [-0.15, -0.1) is 0 Å². The highest BCUT2D eigenvalue weighted by molar-refractivity contribution is 5.05. The minimum atomic E-state index is -0.578. The number of nitrogens with two attached hydrogens (primary N) is 1. The van der Waals surface area contributed by atoms with Gasteiger partial charge < -0.3 is 15.6 Å². The summed E-state index contributed by atoms with van der Waals surface area (Å²) in [5.41, 5.74) is 5.21. The van der Waals surface area contributed by atoms with Crippen molar-refractivity contribution in [3.63, 3.8) is 0 Å². The van der Waals surface area contributed by atoms with Gasteiger partial charge in [0.15, 0.2) is 0 Å². The van der Waals surface area contributed by atoms with E-state index in [0.717, 1.165) is 38.9 Å². The minimum Gasteiger partial charge on any atom is -0.389 e. The van der Waals surface area contributed by atoms with Gasteiger partial charge in [0.05, 0.1) is 5.60 Å². The molecule has 3 nitrogen and oxygen atoms in total. The maximum absolute atomic E-state index is 10.6. The molecule has 0 amide bonds. The van der Waals surface area contributed by atoms with Gasteiger partial charge in [0, 0.05) is 25.2 Å². The number of ether oxygens (including phenoxy) is 1. The molecule has 1 unspecified atom stereocenters. The first-order chi connectivity index (χ1) is 6.62. The lowest BCUT2D eigenvalue weighted by Gasteiger charge is -2.47. The molecule has 2 fully saturated rings. The third kappa shape index (κ3) is 1.47. The first kappa shape index (κ1) is 10.4. The van der Waals surface area contributed by atoms with Crippen molar-refractivity contribution in [2.75, 3.05) is 19.8 Å². The van der Waals surface area contributed by atoms with E-state index in [9.17, 15) is 5.11 Å². The van der Waals surface area contributed by atoms with Crippen LogP contribution in [0.5, 0.6) is 0 Å². The molecule has 0 spiro atoms. The molecule has 2 aliphatic rings. The number of rotatable bonds is 3. The van der Waals surface area contributed by atoms with Crippen molar-refractivity contribution in [2.45, 2.75) is 38.2 Å². The molecule has 82 valence electrons. The topological polar surface area (TPSA) is 55.5 Å². The largest absolute Gasteiger partial charge is 0.389 e. The van der Waals surface area contributed by atoms with Crippen LogP contribution in [-0.2, 0) is 4.74 Å². The molecule has 0 radical (unpaired) electrons. The maximum atomic E-state index is 10.6. The van der Waals surface area contributed by atoms with Crippen molar-refractivity contribution in [3.8, 4) is 0 Å². The van der Waals surface area contributed by atoms with Crippen LogP contribution in [0.4, 0.5) is 0 Å². The van der Waals surface area contributed by atoms with E-state index < -0.39 is 5.60 Å². The molecule has 1 heterocycles. The van der Waals surface area contributed by atoms with Crippen LogP contribution in [0.1, 0.15) is 32.6 Å². The van der Waals surface area contributed by atoms with Crippen molar-refractivity contribution in [1.29, 1.82) is 0 Å². The van der Waals surface area contributed by atoms with Crippen LogP contribution in [0.3, 0.4) is 0 Å². The second kappa shape index (κ2) is 3.47. The molecule has 2 rings (SSSR count). The van der Waals surface area contributed by atoms with E-state index in [0.29, 0.717) is 12.5 Å². The van der Waals surface area contributed by atoms with Crippen molar-refractivity contribution in [1.82, 2.24) is 0 Å². The van der Waals surface area contributed by atoms with Gasteiger partial charge in [0.2, 0.25) is 0 Å². The zero-order valence-corrected chi connectivity index (χ0v) is 8.96. The van der Waals surface area contributed by atoms with E-state index in [2.05, 4.69) is 0 Å². The smallest absolute Gasteiger partial charge is 0.0717 e. The highest BCUT2D eigenvalue weighted by Gasteiger charge is 2.54. The average Bonchev–Trinajstić information content (AvgIpc) is 3.02. The third-order valence-electron chi connectivity index (χ3n) is 4.29. The number of aliphatic hydroxyl groups is 1. The van der Waals surface area contributed by atoms with Crippen LogP contribution >= 0.6 is 0 Å². The van der Waals surface area contributed by atoms with E-state index in [1.165, 1.54) is 0 Å². The fourth-order valence-corrected chi connectivity index (χ4v) is 2.76. The van der Waals surface area contributed by atoms with Crippen molar-refractivity contribution < 1.29 is 9.84 Å². The lowest BCUT2D eigenvalue weighted by Crippen LogP contribution is -2.54. The standard InChI is InChI=1S/C11H21NO2/c1-10(13,9-2-3-9)11(8-12)4-6-14-7-5-11/h9,13H,2-8,12H2,1H3. The molecule has 1 aliphatic heterocycles. The van der Waals surface area contributed by atoms with Crippen molar-refractivity contribution in [2.24, 2.45) is 17.1 Å². The molecule has 1 aliphatic carbocycles. The van der Waals surface area contributed by atoms with E-state index in [-0.39, 0.29) is 5.41 Å². The molecule has 1 saturated heterocycles. The molecule has 3 N–H and O–H groups in total. The van der Waals surface area contributed by atoms with Gasteiger partial charge in [0.25, 0.3) is 0 Å². The summed E-state index contributed by atoms with van der Waals surface area (Å²) in [5.74, 6) is 0.476. The number of hydrogen-bond donors (Lipinski definition) is 2. The zero-order chi connectivity index (χ0) is 10.2. The first-order valence-electron chi connectivity index (χ1n) is 5.63. The quantitative estimate of drug-likeness (QED) is 0.710. The normalized spacial score (nSPS) is 31.1. The fraction of sp³-hybridized carbons (Fsp3) is 1.00. The molecular weight excluding hydrogens is 178 g/mol. The van der Waals surface area contributed by atoms with Crippen molar-refractivity contribution >= 4 is 0 Å². The summed E-state index contributed by atoms with van der Waals surface area (Å²) in [6.45, 7) is 4.06. The summed E-state index contributed by atoms with van der Waals surface area (Å²) in [5, 5.41) is 10.6. The highest BCUT2D eigenvalue weighted by Crippen LogP contribution is 2.52. The summed E-state index contributed by atoms with van der Waals surface area (Å²) >= 11 is 0. The van der Waals surface area contributed by atoms with E-state index in [4.69, 9.17) is 10.5 Å². The summed E-state index contributed by atoms with van der Waals surface area (Å²) in [4.78, 5) is 0. The average molecular weight is 199 g/mol. The molecule has 14 heavy (non-hydrogen) atoms. The minimum absolute atomic E-state index is 0.0909. The summed E-state index contributed by atoms with van der Waals surface area (Å²) in [6.07, 6.45) is 4.14. The summed E-state index contributed by atoms with van der Waals surface area (Å²) in [6, 6.07) is 0. The predicted octanol–water partition coefficient (Wildman–Crippen LogP) is 0.903. The number of hydrogen-bond acceptors (Lipinski definition) is 3. The van der Waals surface area contributed by atoms with Gasteiger partial charge >= 0.3 is 0 Å². The van der Waals surface area contributed by atoms with Crippen LogP contribution in [0.2, 0.25) is 0 Å². The Balaban J connectivity index is 2.16. The molecule has 3 heteroatoms. The van der Waals surface area contributed by atoms with Crippen LogP contribution in [0, 0.1) is 11.3 Å². The Kier molecular flexibility index (Phi) is 2.58. The second-order valence-corrected chi connectivity index (χ2v) is 5.02. The van der Waals surface area contributed by atoms with Gasteiger partial charge in [-0.2, -0.15) is 0 Å². The van der Waals surface area contributed by atoms with E-state index in [1.54, 1.807) is 0 Å². The van der Waals surface area contributed by atoms with Crippen LogP contribution < -0.4 is 5.73 Å². The second-order valence-electron chi connectivity index (χ2n) is 5.02. The third-order valence-corrected chi connectivity index (χ3v) is 4.29. The molecule has 0 aromatic carbocycles. The Hall–Kier alpha value is -0.120. The molecule has 1 saturated carbocycles. The van der Waals surface area contributed by atoms with E-state index in [1.807, 2.05) is 6.92 Å². The van der Waals surface area contributed by atoms with Crippen LogP contribution in [-0.4, -0.2) is 30.5 Å². The first-order valence-corrected chi connectivity index (χ1v) is 5.63. The molecule has 0 aromatic heterocycles. The van der Waals surface area contributed by atoms with Crippen LogP contribution in [0.15, 0.2) is 0 Å². The predicted molar refractivity (Wildman–Crippen MR) is 54.9 cm³/mol. The van der Waals surface area contributed by atoms with Gasteiger partial charge in [-0.1, -0.05) is 0 Å². The van der Waals surface area contributed by atoms with Gasteiger partial charge in [-0.05, 0) is 38.5 Å². The molecule has 1 atom stereocenters. The fourth-order valence-electron chi connectivity index (χ4n) is 2.76. The monoisotopic (exact) mass is 199 g/mol. The van der Waals surface area contributed by atoms with Gasteiger partial charge in [-0.3, -0.25) is 0 Å². The Bertz CT molecular complexity index is 205. The van der Waals surface area contributed by atoms with Gasteiger partial charge in [0.1, 0.15) is 0 Å².